The zero-order valence-electron chi connectivity index (χ0n) is 8.84. The Balaban J connectivity index is 2.25. The topological polar surface area (TPSA) is 70.9 Å². The molecular formula is C12H13N3O. The van der Waals surface area contributed by atoms with Gasteiger partial charge in [0.05, 0.1) is 0 Å². The number of H-pyrrole nitrogens is 1. The van der Waals surface area contributed by atoms with Gasteiger partial charge in [-0.2, -0.15) is 0 Å². The van der Waals surface area contributed by atoms with Crippen LogP contribution in [0.2, 0.25) is 0 Å². The van der Waals surface area contributed by atoms with Crippen molar-refractivity contribution in [2.45, 2.75) is 13.0 Å². The summed E-state index contributed by atoms with van der Waals surface area (Å²) in [5.41, 5.74) is 9.48. The first-order valence-electron chi connectivity index (χ1n) is 5.40. The summed E-state index contributed by atoms with van der Waals surface area (Å²) in [5.74, 6) is -0.374. The van der Waals surface area contributed by atoms with Crippen LogP contribution in [-0.4, -0.2) is 17.4 Å². The summed E-state index contributed by atoms with van der Waals surface area (Å²) in [6.07, 6.45) is 1.01. The van der Waals surface area contributed by atoms with Gasteiger partial charge in [-0.1, -0.05) is 0 Å². The Bertz CT molecular complexity index is 571. The standard InChI is InChI=1S/C12H13N3O/c13-12(16)7-1-2-10-8(5-7)9-6-14-4-3-11(9)15-10/h1-2,5,14-15H,3-4,6H2,(H2,13,16). The Morgan fingerprint density at radius 1 is 1.38 bits per heavy atom. The molecule has 1 aliphatic heterocycles. The van der Waals surface area contributed by atoms with E-state index < -0.39 is 0 Å². The van der Waals surface area contributed by atoms with Crippen molar-refractivity contribution in [1.82, 2.24) is 10.3 Å². The molecule has 82 valence electrons. The number of amides is 1. The molecule has 2 heterocycles. The number of nitrogens with one attached hydrogen (secondary N) is 2. The molecule has 0 saturated heterocycles. The fourth-order valence-corrected chi connectivity index (χ4v) is 2.30. The van der Waals surface area contributed by atoms with E-state index in [2.05, 4.69) is 10.3 Å². The summed E-state index contributed by atoms with van der Waals surface area (Å²) in [7, 11) is 0. The first-order valence-corrected chi connectivity index (χ1v) is 5.40. The molecule has 1 aromatic carbocycles. The first-order chi connectivity index (χ1) is 7.75. The maximum absolute atomic E-state index is 11.1. The van der Waals surface area contributed by atoms with Crippen molar-refractivity contribution in [2.75, 3.05) is 6.54 Å². The Labute approximate surface area is 92.8 Å². The molecule has 1 aromatic heterocycles. The van der Waals surface area contributed by atoms with Gasteiger partial charge in [0.15, 0.2) is 0 Å². The lowest BCUT2D eigenvalue weighted by atomic mass is 10.0. The van der Waals surface area contributed by atoms with Crippen LogP contribution >= 0.6 is 0 Å². The van der Waals surface area contributed by atoms with Gasteiger partial charge >= 0.3 is 0 Å². The van der Waals surface area contributed by atoms with E-state index in [4.69, 9.17) is 5.73 Å². The van der Waals surface area contributed by atoms with Gasteiger partial charge in [-0.25, -0.2) is 0 Å². The van der Waals surface area contributed by atoms with E-state index in [0.717, 1.165) is 30.4 Å². The summed E-state index contributed by atoms with van der Waals surface area (Å²) in [6, 6.07) is 5.56. The summed E-state index contributed by atoms with van der Waals surface area (Å²) in [5, 5.41) is 4.44. The maximum Gasteiger partial charge on any atom is 0.248 e. The highest BCUT2D eigenvalue weighted by molar-refractivity contribution is 5.98. The number of benzene rings is 1. The number of nitrogens with two attached hydrogens (primary N) is 1. The lowest BCUT2D eigenvalue weighted by molar-refractivity contribution is 0.100. The number of hydrogen-bond donors (Lipinski definition) is 3. The second-order valence-corrected chi connectivity index (χ2v) is 4.13. The molecule has 16 heavy (non-hydrogen) atoms. The van der Waals surface area contributed by atoms with E-state index in [1.807, 2.05) is 12.1 Å². The highest BCUT2D eigenvalue weighted by Crippen LogP contribution is 2.25. The normalized spacial score (nSPS) is 15.0. The smallest absolute Gasteiger partial charge is 0.248 e. The highest BCUT2D eigenvalue weighted by Gasteiger charge is 2.15. The van der Waals surface area contributed by atoms with Gasteiger partial charge in [-0.3, -0.25) is 4.79 Å². The van der Waals surface area contributed by atoms with Crippen LogP contribution in [0.5, 0.6) is 0 Å². The summed E-state index contributed by atoms with van der Waals surface area (Å²) in [6.45, 7) is 1.86. The van der Waals surface area contributed by atoms with Crippen molar-refractivity contribution in [3.63, 3.8) is 0 Å². The van der Waals surface area contributed by atoms with Crippen LogP contribution < -0.4 is 11.1 Å². The molecule has 0 radical (unpaired) electrons. The summed E-state index contributed by atoms with van der Waals surface area (Å²) in [4.78, 5) is 14.5. The van der Waals surface area contributed by atoms with E-state index >= 15 is 0 Å². The quantitative estimate of drug-likeness (QED) is 0.661. The predicted molar refractivity (Wildman–Crippen MR) is 62.2 cm³/mol. The van der Waals surface area contributed by atoms with Crippen LogP contribution in [-0.2, 0) is 13.0 Å². The van der Waals surface area contributed by atoms with Gasteiger partial charge in [-0.15, -0.1) is 0 Å². The lowest BCUT2D eigenvalue weighted by Crippen LogP contribution is -2.22. The van der Waals surface area contributed by atoms with Crippen LogP contribution in [0.25, 0.3) is 10.9 Å². The van der Waals surface area contributed by atoms with Gasteiger partial charge < -0.3 is 16.0 Å². The summed E-state index contributed by atoms with van der Waals surface area (Å²) < 4.78 is 0. The van der Waals surface area contributed by atoms with Gasteiger partial charge in [-0.05, 0) is 23.8 Å². The Morgan fingerprint density at radius 3 is 3.06 bits per heavy atom. The van der Waals surface area contributed by atoms with Gasteiger partial charge in [0.2, 0.25) is 5.91 Å². The van der Waals surface area contributed by atoms with Crippen molar-refractivity contribution in [1.29, 1.82) is 0 Å². The minimum atomic E-state index is -0.374. The largest absolute Gasteiger partial charge is 0.366 e. The number of carbonyl (C=O) groups excluding carboxylic acids is 1. The van der Waals surface area contributed by atoms with Crippen LogP contribution in [0.1, 0.15) is 21.6 Å². The molecule has 2 aromatic rings. The highest BCUT2D eigenvalue weighted by atomic mass is 16.1. The SMILES string of the molecule is NC(=O)c1ccc2[nH]c3c(c2c1)CNCC3. The molecule has 4 heteroatoms. The van der Waals surface area contributed by atoms with Gasteiger partial charge in [0.25, 0.3) is 0 Å². The van der Waals surface area contributed by atoms with Crippen molar-refractivity contribution < 1.29 is 4.79 Å². The van der Waals surface area contributed by atoms with E-state index in [-0.39, 0.29) is 5.91 Å². The molecule has 1 amide bonds. The predicted octanol–water partition coefficient (Wildman–Crippen LogP) is 0.912. The van der Waals surface area contributed by atoms with Crippen LogP contribution in [0.4, 0.5) is 0 Å². The number of fused-ring (bicyclic) bond motifs is 3. The number of carbonyl (C=O) groups is 1. The Morgan fingerprint density at radius 2 is 2.25 bits per heavy atom. The fourth-order valence-electron chi connectivity index (χ4n) is 2.30. The van der Waals surface area contributed by atoms with Crippen molar-refractivity contribution >= 4 is 16.8 Å². The minimum Gasteiger partial charge on any atom is -0.366 e. The van der Waals surface area contributed by atoms with Gasteiger partial charge in [0.1, 0.15) is 0 Å². The third-order valence-corrected chi connectivity index (χ3v) is 3.13. The number of hydrogen-bond acceptors (Lipinski definition) is 2. The zero-order chi connectivity index (χ0) is 11.1. The number of aromatic amines is 1. The third-order valence-electron chi connectivity index (χ3n) is 3.13. The van der Waals surface area contributed by atoms with Gasteiger partial charge in [0, 0.05) is 41.7 Å². The Hall–Kier alpha value is -1.81. The molecular weight excluding hydrogens is 202 g/mol. The number of aromatic nitrogens is 1. The average Bonchev–Trinajstić information content (AvgIpc) is 2.66. The molecule has 0 unspecified atom stereocenters. The van der Waals surface area contributed by atoms with E-state index in [0.29, 0.717) is 5.56 Å². The van der Waals surface area contributed by atoms with Crippen molar-refractivity contribution in [3.05, 3.63) is 35.0 Å². The summed E-state index contributed by atoms with van der Waals surface area (Å²) >= 11 is 0. The molecule has 0 fully saturated rings. The monoisotopic (exact) mass is 215 g/mol. The Kier molecular flexibility index (Phi) is 1.97. The molecule has 4 nitrogen and oxygen atoms in total. The molecule has 0 spiro atoms. The molecule has 4 N–H and O–H groups in total. The van der Waals surface area contributed by atoms with Crippen molar-refractivity contribution in [3.8, 4) is 0 Å². The molecule has 0 aliphatic carbocycles. The van der Waals surface area contributed by atoms with Crippen molar-refractivity contribution in [2.24, 2.45) is 5.73 Å². The molecule has 1 aliphatic rings. The van der Waals surface area contributed by atoms with E-state index in [9.17, 15) is 4.79 Å². The second-order valence-electron chi connectivity index (χ2n) is 4.13. The van der Waals surface area contributed by atoms with Crippen LogP contribution in [0.3, 0.4) is 0 Å². The first kappa shape index (κ1) is 9.42. The average molecular weight is 215 g/mol. The number of primary amides is 1. The fraction of sp³-hybridized carbons (Fsp3) is 0.250. The van der Waals surface area contributed by atoms with E-state index in [1.54, 1.807) is 6.07 Å². The molecule has 0 bridgehead atoms. The molecule has 3 rings (SSSR count). The maximum atomic E-state index is 11.1. The van der Waals surface area contributed by atoms with E-state index in [1.165, 1.54) is 11.3 Å². The molecule has 0 atom stereocenters. The van der Waals surface area contributed by atoms with Crippen LogP contribution in [0.15, 0.2) is 18.2 Å². The third kappa shape index (κ3) is 1.31. The molecule has 0 saturated carbocycles. The van der Waals surface area contributed by atoms with Crippen LogP contribution in [0, 0.1) is 0 Å². The number of rotatable bonds is 1. The zero-order valence-corrected chi connectivity index (χ0v) is 8.84. The lowest BCUT2D eigenvalue weighted by Gasteiger charge is -2.12. The minimum absolute atomic E-state index is 0.374. The second kappa shape index (κ2) is 3.35.